The fraction of sp³-hybridized carbons (Fsp3) is 0.526. The first kappa shape index (κ1) is 16.7. The monoisotopic (exact) mass is 356 g/mol. The predicted octanol–water partition coefficient (Wildman–Crippen LogP) is 2.74. The van der Waals surface area contributed by atoms with E-state index in [1.165, 1.54) is 12.8 Å². The molecule has 1 saturated heterocycles. The topological polar surface area (TPSA) is 58.1 Å². The molecule has 1 saturated carbocycles. The van der Waals surface area contributed by atoms with Crippen LogP contribution in [0.25, 0.3) is 10.6 Å². The summed E-state index contributed by atoms with van der Waals surface area (Å²) < 4.78 is 0. The average molecular weight is 356 g/mol. The summed E-state index contributed by atoms with van der Waals surface area (Å²) in [4.78, 5) is 23.3. The average Bonchev–Trinajstić information content (AvgIpc) is 3.38. The first-order valence-electron chi connectivity index (χ1n) is 9.14. The number of thiazole rings is 1. The molecule has 3 heterocycles. The summed E-state index contributed by atoms with van der Waals surface area (Å²) in [6.07, 6.45) is 8.87. The Bertz CT molecular complexity index is 705. The van der Waals surface area contributed by atoms with Gasteiger partial charge in [-0.05, 0) is 50.3 Å². The van der Waals surface area contributed by atoms with Gasteiger partial charge in [-0.2, -0.15) is 0 Å². The van der Waals surface area contributed by atoms with Crippen molar-refractivity contribution in [1.29, 1.82) is 0 Å². The molecule has 6 heteroatoms. The summed E-state index contributed by atoms with van der Waals surface area (Å²) in [5, 5.41) is 6.58. The van der Waals surface area contributed by atoms with E-state index in [1.807, 2.05) is 28.6 Å². The smallest absolute Gasteiger partial charge is 0.228 e. The molecule has 132 valence electrons. The van der Waals surface area contributed by atoms with E-state index in [4.69, 9.17) is 0 Å². The van der Waals surface area contributed by atoms with Gasteiger partial charge in [-0.1, -0.05) is 0 Å². The molecule has 2 fully saturated rings. The summed E-state index contributed by atoms with van der Waals surface area (Å²) in [6.45, 7) is 2.89. The van der Waals surface area contributed by atoms with Crippen molar-refractivity contribution < 1.29 is 4.79 Å². The highest BCUT2D eigenvalue weighted by Crippen LogP contribution is 2.28. The number of nitrogens with zero attached hydrogens (tertiary/aromatic N) is 3. The minimum Gasteiger partial charge on any atom is -0.342 e. The van der Waals surface area contributed by atoms with Gasteiger partial charge in [0, 0.05) is 42.5 Å². The van der Waals surface area contributed by atoms with E-state index >= 15 is 0 Å². The van der Waals surface area contributed by atoms with Crippen LogP contribution in [-0.2, 0) is 11.2 Å². The minimum atomic E-state index is 0.198. The van der Waals surface area contributed by atoms with Crippen molar-refractivity contribution in [3.05, 3.63) is 35.6 Å². The third-order valence-corrected chi connectivity index (χ3v) is 5.97. The van der Waals surface area contributed by atoms with Crippen LogP contribution in [0.15, 0.2) is 29.9 Å². The Hall–Kier alpha value is -1.79. The summed E-state index contributed by atoms with van der Waals surface area (Å²) in [7, 11) is 0. The van der Waals surface area contributed by atoms with E-state index in [1.54, 1.807) is 17.5 Å². The fourth-order valence-corrected chi connectivity index (χ4v) is 4.08. The second kappa shape index (κ2) is 7.62. The van der Waals surface area contributed by atoms with E-state index < -0.39 is 0 Å². The number of pyridine rings is 1. The van der Waals surface area contributed by atoms with E-state index in [0.29, 0.717) is 12.5 Å². The molecule has 0 aromatic carbocycles. The molecule has 0 atom stereocenters. The molecule has 5 nitrogen and oxygen atoms in total. The van der Waals surface area contributed by atoms with Crippen LogP contribution in [0.4, 0.5) is 0 Å². The van der Waals surface area contributed by atoms with Crippen molar-refractivity contribution in [2.75, 3.05) is 19.6 Å². The highest BCUT2D eigenvalue weighted by molar-refractivity contribution is 7.13. The van der Waals surface area contributed by atoms with Gasteiger partial charge in [-0.15, -0.1) is 11.3 Å². The zero-order valence-electron chi connectivity index (χ0n) is 14.4. The Morgan fingerprint density at radius 3 is 2.84 bits per heavy atom. The molecule has 2 aromatic heterocycles. The van der Waals surface area contributed by atoms with E-state index in [9.17, 15) is 4.79 Å². The van der Waals surface area contributed by atoms with Crippen LogP contribution in [0.1, 0.15) is 31.4 Å². The van der Waals surface area contributed by atoms with Crippen LogP contribution in [0.2, 0.25) is 0 Å². The molecule has 1 amide bonds. The molecule has 2 aliphatic rings. The maximum absolute atomic E-state index is 12.6. The molecular weight excluding hydrogens is 332 g/mol. The molecule has 0 radical (unpaired) electrons. The lowest BCUT2D eigenvalue weighted by Crippen LogP contribution is -2.45. The molecule has 0 spiro atoms. The van der Waals surface area contributed by atoms with Crippen LogP contribution >= 0.6 is 11.3 Å². The highest BCUT2D eigenvalue weighted by atomic mass is 32.1. The zero-order chi connectivity index (χ0) is 17.1. The molecule has 2 aromatic rings. The molecule has 1 aliphatic carbocycles. The SMILES string of the molecule is O=C(Cc1csc(-c2cccnc2)n1)N1CCC(NCC2CC2)CC1. The minimum absolute atomic E-state index is 0.198. The van der Waals surface area contributed by atoms with Crippen molar-refractivity contribution >= 4 is 17.2 Å². The number of carbonyl (C=O) groups is 1. The van der Waals surface area contributed by atoms with Crippen molar-refractivity contribution in [2.24, 2.45) is 5.92 Å². The molecule has 4 rings (SSSR count). The maximum Gasteiger partial charge on any atom is 0.228 e. The van der Waals surface area contributed by atoms with Crippen molar-refractivity contribution in [3.8, 4) is 10.6 Å². The van der Waals surface area contributed by atoms with Crippen molar-refractivity contribution in [3.63, 3.8) is 0 Å². The largest absolute Gasteiger partial charge is 0.342 e. The lowest BCUT2D eigenvalue weighted by Gasteiger charge is -2.32. The molecular formula is C19H24N4OS. The summed E-state index contributed by atoms with van der Waals surface area (Å²) in [5.41, 5.74) is 1.87. The standard InChI is InChI=1S/C19H24N4OS/c24-18(23-8-5-16(6-9-23)21-11-14-3-4-14)10-17-13-25-19(22-17)15-2-1-7-20-12-15/h1-2,7,12-14,16,21H,3-6,8-11H2. The first-order valence-corrected chi connectivity index (χ1v) is 10.0. The Morgan fingerprint density at radius 1 is 1.28 bits per heavy atom. The van der Waals surface area contributed by atoms with Gasteiger partial charge < -0.3 is 10.2 Å². The molecule has 1 N–H and O–H groups in total. The third-order valence-electron chi connectivity index (χ3n) is 5.03. The third kappa shape index (κ3) is 4.44. The second-order valence-electron chi connectivity index (χ2n) is 7.07. The number of rotatable bonds is 6. The van der Waals surface area contributed by atoms with Crippen LogP contribution in [0.5, 0.6) is 0 Å². The predicted molar refractivity (Wildman–Crippen MR) is 99.4 cm³/mol. The van der Waals surface area contributed by atoms with Gasteiger partial charge in [0.2, 0.25) is 5.91 Å². The van der Waals surface area contributed by atoms with E-state index in [2.05, 4.69) is 15.3 Å². The Balaban J connectivity index is 1.27. The Labute approximate surface area is 152 Å². The van der Waals surface area contributed by atoms with Crippen molar-refractivity contribution in [1.82, 2.24) is 20.2 Å². The number of piperidine rings is 1. The molecule has 25 heavy (non-hydrogen) atoms. The van der Waals surface area contributed by atoms with Crippen LogP contribution in [-0.4, -0.2) is 46.5 Å². The van der Waals surface area contributed by atoms with Gasteiger partial charge >= 0.3 is 0 Å². The number of hydrogen-bond donors (Lipinski definition) is 1. The van der Waals surface area contributed by atoms with Gasteiger partial charge in [0.25, 0.3) is 0 Å². The number of likely N-dealkylation sites (tertiary alicyclic amines) is 1. The number of carbonyl (C=O) groups excluding carboxylic acids is 1. The Kier molecular flexibility index (Phi) is 5.08. The fourth-order valence-electron chi connectivity index (χ4n) is 3.27. The van der Waals surface area contributed by atoms with Gasteiger partial charge in [0.05, 0.1) is 12.1 Å². The number of hydrogen-bond acceptors (Lipinski definition) is 5. The summed E-state index contributed by atoms with van der Waals surface area (Å²) in [5.74, 6) is 1.11. The van der Waals surface area contributed by atoms with E-state index in [0.717, 1.165) is 54.7 Å². The van der Waals surface area contributed by atoms with Gasteiger partial charge in [-0.3, -0.25) is 9.78 Å². The zero-order valence-corrected chi connectivity index (χ0v) is 15.2. The molecule has 0 bridgehead atoms. The molecule has 0 unspecified atom stereocenters. The van der Waals surface area contributed by atoms with Crippen LogP contribution in [0.3, 0.4) is 0 Å². The van der Waals surface area contributed by atoms with Gasteiger partial charge in [-0.25, -0.2) is 4.98 Å². The lowest BCUT2D eigenvalue weighted by molar-refractivity contribution is -0.131. The van der Waals surface area contributed by atoms with E-state index in [-0.39, 0.29) is 5.91 Å². The molecule has 1 aliphatic heterocycles. The normalized spacial score (nSPS) is 18.5. The van der Waals surface area contributed by atoms with Gasteiger partial charge in [0.1, 0.15) is 5.01 Å². The lowest BCUT2D eigenvalue weighted by atomic mass is 10.0. The Morgan fingerprint density at radius 2 is 2.12 bits per heavy atom. The number of amides is 1. The van der Waals surface area contributed by atoms with Crippen molar-refractivity contribution in [2.45, 2.75) is 38.1 Å². The maximum atomic E-state index is 12.6. The number of nitrogens with one attached hydrogen (secondary N) is 1. The summed E-state index contributed by atoms with van der Waals surface area (Å²) >= 11 is 1.57. The highest BCUT2D eigenvalue weighted by Gasteiger charge is 2.26. The first-order chi connectivity index (χ1) is 12.3. The number of aromatic nitrogens is 2. The van der Waals surface area contributed by atoms with Gasteiger partial charge in [0.15, 0.2) is 0 Å². The van der Waals surface area contributed by atoms with Crippen LogP contribution in [0, 0.1) is 5.92 Å². The quantitative estimate of drug-likeness (QED) is 0.865. The summed E-state index contributed by atoms with van der Waals surface area (Å²) in [6, 6.07) is 4.49. The second-order valence-corrected chi connectivity index (χ2v) is 7.93. The van der Waals surface area contributed by atoms with Crippen LogP contribution < -0.4 is 5.32 Å².